The molecule has 0 unspecified atom stereocenters. The maximum absolute atomic E-state index is 12.2. The molecule has 8 nitrogen and oxygen atoms in total. The molecule has 9 heteroatoms. The molecule has 126 valence electrons. The van der Waals surface area contributed by atoms with Gasteiger partial charge >= 0.3 is 16.3 Å². The van der Waals surface area contributed by atoms with Crippen molar-refractivity contribution in [3.8, 4) is 0 Å². The van der Waals surface area contributed by atoms with Crippen molar-refractivity contribution in [3.05, 3.63) is 0 Å². The normalized spacial score (nSPS) is 27.1. The monoisotopic (exact) mass is 335 g/mol. The Morgan fingerprint density at radius 1 is 1.05 bits per heavy atom. The Morgan fingerprint density at radius 3 is 2.23 bits per heavy atom. The van der Waals surface area contributed by atoms with Crippen molar-refractivity contribution >= 4 is 16.3 Å². The summed E-state index contributed by atoms with van der Waals surface area (Å²) in [5.41, 5.74) is 0. The number of rotatable bonds is 3. The third kappa shape index (κ3) is 3.43. The van der Waals surface area contributed by atoms with Gasteiger partial charge in [-0.1, -0.05) is 0 Å². The largest absolute Gasteiger partial charge is 0.387 e. The van der Waals surface area contributed by atoms with Crippen LogP contribution in [0.5, 0.6) is 0 Å². The van der Waals surface area contributed by atoms with Crippen molar-refractivity contribution < 1.29 is 31.6 Å². The van der Waals surface area contributed by atoms with Crippen LogP contribution in [0.25, 0.3) is 0 Å². The Hall–Kier alpha value is -0.740. The molecule has 1 spiro atoms. The van der Waals surface area contributed by atoms with Gasteiger partial charge in [0.25, 0.3) is 0 Å². The summed E-state index contributed by atoms with van der Waals surface area (Å²) in [6.45, 7) is 2.44. The van der Waals surface area contributed by atoms with E-state index in [0.717, 1.165) is 0 Å². The van der Waals surface area contributed by atoms with Gasteiger partial charge in [-0.3, -0.25) is 4.79 Å². The zero-order valence-electron chi connectivity index (χ0n) is 12.4. The predicted octanol–water partition coefficient (Wildman–Crippen LogP) is 0.0399. The van der Waals surface area contributed by atoms with Gasteiger partial charge in [0.15, 0.2) is 5.79 Å². The molecule has 3 aliphatic heterocycles. The molecule has 0 radical (unpaired) electrons. The lowest BCUT2D eigenvalue weighted by molar-refractivity contribution is -0.179. The number of nitrogens with zero attached hydrogens (tertiary/aromatic N) is 1. The van der Waals surface area contributed by atoms with Crippen LogP contribution in [0.15, 0.2) is 0 Å². The van der Waals surface area contributed by atoms with Gasteiger partial charge in [-0.15, -0.1) is 0 Å². The van der Waals surface area contributed by atoms with Gasteiger partial charge in [0.1, 0.15) is 0 Å². The second kappa shape index (κ2) is 6.40. The summed E-state index contributed by atoms with van der Waals surface area (Å²) in [5, 5.41) is 0. The maximum atomic E-state index is 12.2. The first kappa shape index (κ1) is 16.1. The Bertz CT molecular complexity index is 498. The number of piperidine rings is 1. The molecule has 22 heavy (non-hydrogen) atoms. The summed E-state index contributed by atoms with van der Waals surface area (Å²) in [6.07, 6.45) is 1.89. The minimum absolute atomic E-state index is 0.226. The van der Waals surface area contributed by atoms with Gasteiger partial charge < -0.3 is 18.4 Å². The lowest BCUT2D eigenvalue weighted by Crippen LogP contribution is -2.48. The van der Waals surface area contributed by atoms with Crippen LogP contribution in [0.1, 0.15) is 25.7 Å². The van der Waals surface area contributed by atoms with Crippen LogP contribution in [0.3, 0.4) is 0 Å². The molecule has 0 N–H and O–H groups in total. The van der Waals surface area contributed by atoms with Crippen molar-refractivity contribution in [2.24, 2.45) is 5.92 Å². The van der Waals surface area contributed by atoms with E-state index in [2.05, 4.69) is 0 Å². The van der Waals surface area contributed by atoms with E-state index < -0.39 is 28.0 Å². The highest BCUT2D eigenvalue weighted by Gasteiger charge is 2.43. The van der Waals surface area contributed by atoms with E-state index in [1.54, 1.807) is 0 Å². The lowest BCUT2D eigenvalue weighted by atomic mass is 10.0. The van der Waals surface area contributed by atoms with Crippen LogP contribution in [0, 0.1) is 5.92 Å². The average molecular weight is 335 g/mol. The van der Waals surface area contributed by atoms with Crippen LogP contribution < -0.4 is 0 Å². The third-order valence-corrected chi connectivity index (χ3v) is 5.73. The molecule has 3 rings (SSSR count). The van der Waals surface area contributed by atoms with Gasteiger partial charge in [-0.05, 0) is 12.8 Å². The fourth-order valence-electron chi connectivity index (χ4n) is 2.99. The van der Waals surface area contributed by atoms with Crippen LogP contribution in [-0.4, -0.2) is 64.0 Å². The van der Waals surface area contributed by atoms with Gasteiger partial charge in [0.05, 0.1) is 19.1 Å². The Kier molecular flexibility index (Phi) is 4.69. The minimum Gasteiger partial charge on any atom is -0.381 e. The van der Waals surface area contributed by atoms with Crippen molar-refractivity contribution in [1.82, 2.24) is 4.31 Å². The van der Waals surface area contributed by atoms with E-state index >= 15 is 0 Å². The molecule has 0 aromatic carbocycles. The third-order valence-electron chi connectivity index (χ3n) is 4.36. The summed E-state index contributed by atoms with van der Waals surface area (Å²) in [7, 11) is -4.05. The molecule has 3 aliphatic rings. The molecule has 0 aliphatic carbocycles. The smallest absolute Gasteiger partial charge is 0.381 e. The highest BCUT2D eigenvalue weighted by molar-refractivity contribution is 7.84. The van der Waals surface area contributed by atoms with Gasteiger partial charge in [0, 0.05) is 39.1 Å². The topological polar surface area (TPSA) is 91.4 Å². The maximum Gasteiger partial charge on any atom is 0.387 e. The van der Waals surface area contributed by atoms with Crippen LogP contribution in [0.2, 0.25) is 0 Å². The fourth-order valence-corrected chi connectivity index (χ4v) is 4.07. The zero-order chi connectivity index (χ0) is 15.6. The molecular formula is C13H21NO7S. The number of carbonyl (C=O) groups excluding carboxylic acids is 1. The first-order valence-corrected chi connectivity index (χ1v) is 8.96. The zero-order valence-corrected chi connectivity index (χ0v) is 13.2. The molecule has 0 aromatic heterocycles. The number of hydrogen-bond donors (Lipinski definition) is 0. The van der Waals surface area contributed by atoms with Crippen molar-refractivity contribution in [1.29, 1.82) is 0 Å². The predicted molar refractivity (Wildman–Crippen MR) is 74.0 cm³/mol. The molecule has 0 amide bonds. The Balaban J connectivity index is 1.55. The van der Waals surface area contributed by atoms with Crippen LogP contribution in [-0.2, 0) is 33.5 Å². The van der Waals surface area contributed by atoms with E-state index in [4.69, 9.17) is 18.4 Å². The lowest BCUT2D eigenvalue weighted by Gasteiger charge is -2.36. The number of carbonyl (C=O) groups is 1. The average Bonchev–Trinajstić information content (AvgIpc) is 2.96. The van der Waals surface area contributed by atoms with Crippen molar-refractivity contribution in [3.63, 3.8) is 0 Å². The van der Waals surface area contributed by atoms with E-state index in [1.807, 2.05) is 0 Å². The van der Waals surface area contributed by atoms with Crippen LogP contribution in [0.4, 0.5) is 0 Å². The highest BCUT2D eigenvalue weighted by atomic mass is 32.2. The minimum atomic E-state index is -4.05. The van der Waals surface area contributed by atoms with E-state index in [0.29, 0.717) is 52.1 Å². The summed E-state index contributed by atoms with van der Waals surface area (Å²) in [4.78, 5) is 12.0. The second-order valence-electron chi connectivity index (χ2n) is 5.75. The summed E-state index contributed by atoms with van der Waals surface area (Å²) < 4.78 is 46.7. The molecular weight excluding hydrogens is 314 g/mol. The number of ether oxygens (including phenoxy) is 3. The summed E-state index contributed by atoms with van der Waals surface area (Å²) in [6, 6.07) is 0. The SMILES string of the molecule is O=C(OS(=O)(=O)N1CCC2(CC1)OCCO2)C1CCOCC1. The van der Waals surface area contributed by atoms with Crippen molar-refractivity contribution in [2.75, 3.05) is 39.5 Å². The Morgan fingerprint density at radius 2 is 1.64 bits per heavy atom. The van der Waals surface area contributed by atoms with Crippen molar-refractivity contribution in [2.45, 2.75) is 31.5 Å². The molecule has 3 fully saturated rings. The standard InChI is InChI=1S/C13H21NO7S/c15-12(11-1-7-18-8-2-11)21-22(16,17)14-5-3-13(4-6-14)19-9-10-20-13/h11H,1-10H2. The molecule has 3 saturated heterocycles. The van der Waals surface area contributed by atoms with Gasteiger partial charge in [0.2, 0.25) is 0 Å². The van der Waals surface area contributed by atoms with Crippen LogP contribution >= 0.6 is 0 Å². The second-order valence-corrected chi connectivity index (χ2v) is 7.29. The molecule has 0 bridgehead atoms. The molecule has 0 saturated carbocycles. The highest BCUT2D eigenvalue weighted by Crippen LogP contribution is 2.32. The molecule has 0 atom stereocenters. The first-order valence-electron chi connectivity index (χ1n) is 7.60. The Labute approximate surface area is 129 Å². The molecule has 0 aromatic rings. The van der Waals surface area contributed by atoms with E-state index in [1.165, 1.54) is 4.31 Å². The summed E-state index contributed by atoms with van der Waals surface area (Å²) in [5.74, 6) is -1.74. The quantitative estimate of drug-likeness (QED) is 0.719. The summed E-state index contributed by atoms with van der Waals surface area (Å²) >= 11 is 0. The van der Waals surface area contributed by atoms with E-state index in [9.17, 15) is 13.2 Å². The van der Waals surface area contributed by atoms with E-state index in [-0.39, 0.29) is 13.1 Å². The first-order chi connectivity index (χ1) is 10.5. The fraction of sp³-hybridized carbons (Fsp3) is 0.923. The number of hydrogen-bond acceptors (Lipinski definition) is 7. The van der Waals surface area contributed by atoms with Gasteiger partial charge in [-0.25, -0.2) is 0 Å². The molecule has 3 heterocycles. The van der Waals surface area contributed by atoms with Gasteiger partial charge in [-0.2, -0.15) is 12.7 Å².